The lowest BCUT2D eigenvalue weighted by Crippen LogP contribution is -2.36. The molecule has 0 saturated carbocycles. The Morgan fingerprint density at radius 3 is 2.71 bits per heavy atom. The Kier molecular flexibility index (Phi) is 6.80. The zero-order valence-corrected chi connectivity index (χ0v) is 20.8. The van der Waals surface area contributed by atoms with Crippen molar-refractivity contribution in [2.45, 2.75) is 46.6 Å². The third kappa shape index (κ3) is 5.33. The minimum Gasteiger partial charge on any atom is -0.485 e. The summed E-state index contributed by atoms with van der Waals surface area (Å²) in [6.45, 7) is 9.76. The number of rotatable bonds is 4. The smallest absolute Gasteiger partial charge is 0.407 e. The lowest BCUT2D eigenvalue weighted by Gasteiger charge is -2.33. The third-order valence-corrected chi connectivity index (χ3v) is 6.54. The Bertz CT molecular complexity index is 1210. The molecule has 1 aromatic carbocycles. The highest BCUT2D eigenvalue weighted by Crippen LogP contribution is 2.41. The van der Waals surface area contributed by atoms with Crippen LogP contribution in [0.5, 0.6) is 5.75 Å². The monoisotopic (exact) mass is 479 g/mol. The first-order chi connectivity index (χ1) is 16.1. The largest absolute Gasteiger partial charge is 0.485 e. The highest BCUT2D eigenvalue weighted by Gasteiger charge is 2.33. The average molecular weight is 480 g/mol. The van der Waals surface area contributed by atoms with Gasteiger partial charge in [0.1, 0.15) is 23.2 Å². The topological polar surface area (TPSA) is 75.6 Å². The Morgan fingerprint density at radius 2 is 2.00 bits per heavy atom. The Morgan fingerprint density at radius 1 is 1.21 bits per heavy atom. The summed E-state index contributed by atoms with van der Waals surface area (Å²) in [4.78, 5) is 22.3. The van der Waals surface area contributed by atoms with E-state index >= 15 is 0 Å². The molecule has 0 bridgehead atoms. The van der Waals surface area contributed by atoms with Gasteiger partial charge >= 0.3 is 6.09 Å². The summed E-state index contributed by atoms with van der Waals surface area (Å²) in [5.41, 5.74) is 5.75. The fourth-order valence-electron chi connectivity index (χ4n) is 4.46. The number of amides is 1. The Balaban J connectivity index is 1.70. The van der Waals surface area contributed by atoms with E-state index in [0.29, 0.717) is 42.7 Å². The fraction of sp³-hybridized carbons (Fsp3) is 0.370. The molecular formula is C27H30ClN3O3. The van der Waals surface area contributed by atoms with E-state index in [1.165, 1.54) is 10.5 Å². The SMILES string of the molecule is Cc1ccnc(COc2ccc(Cl)nc2-c2ccc3c(c2)CCN(C(=O)O)CC3C(C)(C)C)c1. The molecule has 0 saturated heterocycles. The Labute approximate surface area is 205 Å². The molecule has 6 nitrogen and oxygen atoms in total. The van der Waals surface area contributed by atoms with Crippen LogP contribution in [-0.2, 0) is 13.0 Å². The number of carboxylic acid groups (broad SMARTS) is 1. The zero-order chi connectivity index (χ0) is 24.5. The summed E-state index contributed by atoms with van der Waals surface area (Å²) < 4.78 is 6.11. The van der Waals surface area contributed by atoms with Crippen LogP contribution in [0.15, 0.2) is 48.7 Å². The summed E-state index contributed by atoms with van der Waals surface area (Å²) in [6.07, 6.45) is 1.54. The molecule has 0 aliphatic carbocycles. The van der Waals surface area contributed by atoms with Gasteiger partial charge in [-0.05, 0) is 65.8 Å². The Hall–Kier alpha value is -3.12. The molecule has 0 spiro atoms. The van der Waals surface area contributed by atoms with Crippen molar-refractivity contribution in [2.24, 2.45) is 5.41 Å². The normalized spacial score (nSPS) is 16.0. The second-order valence-corrected chi connectivity index (χ2v) is 10.3. The first-order valence-electron chi connectivity index (χ1n) is 11.4. The van der Waals surface area contributed by atoms with Crippen molar-refractivity contribution >= 4 is 17.7 Å². The first-order valence-corrected chi connectivity index (χ1v) is 11.8. The van der Waals surface area contributed by atoms with Crippen LogP contribution in [0.25, 0.3) is 11.3 Å². The number of benzene rings is 1. The lowest BCUT2D eigenvalue weighted by molar-refractivity contribution is 0.135. The molecule has 34 heavy (non-hydrogen) atoms. The van der Waals surface area contributed by atoms with Crippen molar-refractivity contribution in [3.05, 3.63) is 76.2 Å². The predicted octanol–water partition coefficient (Wildman–Crippen LogP) is 6.35. The lowest BCUT2D eigenvalue weighted by atomic mass is 9.75. The molecule has 1 unspecified atom stereocenters. The van der Waals surface area contributed by atoms with Gasteiger partial charge in [-0.1, -0.05) is 44.5 Å². The van der Waals surface area contributed by atoms with Crippen molar-refractivity contribution in [3.8, 4) is 17.0 Å². The minimum atomic E-state index is -0.876. The molecule has 3 heterocycles. The van der Waals surface area contributed by atoms with Crippen LogP contribution in [0.4, 0.5) is 4.79 Å². The average Bonchev–Trinajstić information content (AvgIpc) is 2.98. The van der Waals surface area contributed by atoms with Gasteiger partial charge in [0.15, 0.2) is 0 Å². The van der Waals surface area contributed by atoms with Crippen molar-refractivity contribution in [2.75, 3.05) is 13.1 Å². The number of ether oxygens (including phenoxy) is 1. The summed E-state index contributed by atoms with van der Waals surface area (Å²) in [6, 6.07) is 13.7. The van der Waals surface area contributed by atoms with E-state index in [-0.39, 0.29) is 11.3 Å². The molecule has 7 heteroatoms. The van der Waals surface area contributed by atoms with Crippen molar-refractivity contribution in [1.82, 2.24) is 14.9 Å². The molecule has 1 amide bonds. The molecule has 1 aliphatic rings. The molecule has 178 valence electrons. The summed E-state index contributed by atoms with van der Waals surface area (Å²) in [7, 11) is 0. The number of hydrogen-bond acceptors (Lipinski definition) is 4. The van der Waals surface area contributed by atoms with Crippen LogP contribution in [0.3, 0.4) is 0 Å². The molecule has 0 fully saturated rings. The van der Waals surface area contributed by atoms with E-state index in [9.17, 15) is 9.90 Å². The predicted molar refractivity (Wildman–Crippen MR) is 133 cm³/mol. The molecular weight excluding hydrogens is 450 g/mol. The molecule has 3 aromatic rings. The van der Waals surface area contributed by atoms with E-state index in [1.807, 2.05) is 31.2 Å². The molecule has 1 atom stereocenters. The first kappa shape index (κ1) is 24.0. The standard InChI is InChI=1S/C27H30ClN3O3/c1-17-9-11-29-20(13-17)16-34-23-7-8-24(28)30-25(23)19-5-6-21-18(14-19)10-12-31(26(32)33)15-22(21)27(2,3)4/h5-9,11,13-14,22H,10,12,15-16H2,1-4H3,(H,32,33). The summed E-state index contributed by atoms with van der Waals surface area (Å²) >= 11 is 6.26. The molecule has 2 aromatic heterocycles. The van der Waals surface area contributed by atoms with Crippen LogP contribution in [0.1, 0.15) is 49.1 Å². The molecule has 1 aliphatic heterocycles. The number of carbonyl (C=O) groups is 1. The van der Waals surface area contributed by atoms with Gasteiger partial charge < -0.3 is 14.7 Å². The van der Waals surface area contributed by atoms with E-state index in [1.54, 1.807) is 12.3 Å². The van der Waals surface area contributed by atoms with E-state index in [4.69, 9.17) is 16.3 Å². The van der Waals surface area contributed by atoms with Crippen molar-refractivity contribution in [1.29, 1.82) is 0 Å². The number of pyridine rings is 2. The number of aryl methyl sites for hydroxylation is 1. The summed E-state index contributed by atoms with van der Waals surface area (Å²) in [5, 5.41) is 10.1. The number of nitrogens with zero attached hydrogens (tertiary/aromatic N) is 3. The van der Waals surface area contributed by atoms with Gasteiger partial charge in [-0.2, -0.15) is 0 Å². The molecule has 1 N–H and O–H groups in total. The quantitative estimate of drug-likeness (QED) is 0.441. The molecule has 0 radical (unpaired) electrons. The number of halogens is 1. The van der Waals surface area contributed by atoms with Gasteiger partial charge in [0.25, 0.3) is 0 Å². The highest BCUT2D eigenvalue weighted by molar-refractivity contribution is 6.29. The fourth-order valence-corrected chi connectivity index (χ4v) is 4.61. The maximum Gasteiger partial charge on any atom is 0.407 e. The van der Waals surface area contributed by atoms with Gasteiger partial charge in [-0.15, -0.1) is 0 Å². The maximum atomic E-state index is 11.8. The van der Waals surface area contributed by atoms with Crippen LogP contribution >= 0.6 is 11.6 Å². The third-order valence-electron chi connectivity index (χ3n) is 6.33. The van der Waals surface area contributed by atoms with Gasteiger partial charge in [0.2, 0.25) is 0 Å². The van der Waals surface area contributed by atoms with E-state index in [0.717, 1.165) is 22.4 Å². The van der Waals surface area contributed by atoms with Crippen molar-refractivity contribution in [3.63, 3.8) is 0 Å². The van der Waals surface area contributed by atoms with Gasteiger partial charge in [-0.25, -0.2) is 9.78 Å². The molecule has 4 rings (SSSR count). The van der Waals surface area contributed by atoms with Gasteiger partial charge in [-0.3, -0.25) is 4.98 Å². The number of hydrogen-bond donors (Lipinski definition) is 1. The van der Waals surface area contributed by atoms with Crippen LogP contribution in [0.2, 0.25) is 5.15 Å². The maximum absolute atomic E-state index is 11.8. The second kappa shape index (κ2) is 9.63. The zero-order valence-electron chi connectivity index (χ0n) is 20.0. The second-order valence-electron chi connectivity index (χ2n) is 9.90. The van der Waals surface area contributed by atoms with E-state index in [2.05, 4.69) is 42.9 Å². The van der Waals surface area contributed by atoms with Crippen LogP contribution in [0, 0.1) is 12.3 Å². The van der Waals surface area contributed by atoms with Gasteiger partial charge in [0.05, 0.1) is 5.69 Å². The van der Waals surface area contributed by atoms with Crippen LogP contribution < -0.4 is 4.74 Å². The van der Waals surface area contributed by atoms with E-state index < -0.39 is 6.09 Å². The number of fused-ring (bicyclic) bond motifs is 1. The highest BCUT2D eigenvalue weighted by atomic mass is 35.5. The number of aromatic nitrogens is 2. The summed E-state index contributed by atoms with van der Waals surface area (Å²) in [5.74, 6) is 0.714. The van der Waals surface area contributed by atoms with Gasteiger partial charge in [0, 0.05) is 30.8 Å². The van der Waals surface area contributed by atoms with Crippen LogP contribution in [-0.4, -0.2) is 39.2 Å². The minimum absolute atomic E-state index is 0.0856. The van der Waals surface area contributed by atoms with Crippen molar-refractivity contribution < 1.29 is 14.6 Å².